The van der Waals surface area contributed by atoms with Crippen molar-refractivity contribution in [1.82, 2.24) is 4.90 Å². The summed E-state index contributed by atoms with van der Waals surface area (Å²) in [5.41, 5.74) is 6.57. The summed E-state index contributed by atoms with van der Waals surface area (Å²) in [4.78, 5) is 13.9. The smallest absolute Gasteiger partial charge is 0.229 e. The number of nitrogens with two attached hydrogens (primary N) is 1. The molecular weight excluding hydrogens is 258 g/mol. The molecule has 1 aliphatic heterocycles. The summed E-state index contributed by atoms with van der Waals surface area (Å²) < 4.78 is 5.62. The van der Waals surface area contributed by atoms with E-state index in [0.29, 0.717) is 13.0 Å². The van der Waals surface area contributed by atoms with Crippen LogP contribution in [0.4, 0.5) is 0 Å². The fourth-order valence-electron chi connectivity index (χ4n) is 2.25. The third-order valence-corrected chi connectivity index (χ3v) is 3.70. The lowest BCUT2D eigenvalue weighted by Crippen LogP contribution is -2.48. The average Bonchev–Trinajstić information content (AvgIpc) is 2.51. The van der Waals surface area contributed by atoms with E-state index in [-0.39, 0.29) is 17.7 Å². The van der Waals surface area contributed by atoms with Crippen molar-refractivity contribution < 1.29 is 14.7 Å². The van der Waals surface area contributed by atoms with Crippen LogP contribution in [-0.2, 0) is 11.2 Å². The van der Waals surface area contributed by atoms with E-state index in [9.17, 15) is 4.79 Å². The van der Waals surface area contributed by atoms with Crippen LogP contribution in [0.2, 0.25) is 0 Å². The number of hydrogen-bond acceptors (Lipinski definition) is 4. The molecule has 0 radical (unpaired) electrons. The molecule has 0 aliphatic carbocycles. The van der Waals surface area contributed by atoms with E-state index in [0.717, 1.165) is 11.3 Å². The first-order valence-corrected chi connectivity index (χ1v) is 6.49. The number of likely N-dealkylation sites (N-methyl/N-ethyl adjacent to an activating group) is 1. The lowest BCUT2D eigenvalue weighted by Gasteiger charge is -2.31. The number of ether oxygens (including phenoxy) is 1. The first-order valence-electron chi connectivity index (χ1n) is 6.49. The second-order valence-corrected chi connectivity index (χ2v) is 4.97. The van der Waals surface area contributed by atoms with E-state index >= 15 is 0 Å². The molecule has 1 heterocycles. The molecular formula is C14H19N3O3. The Bertz CT molecular complexity index is 530. The second kappa shape index (κ2) is 5.81. The Hall–Kier alpha value is -2.24. The number of amidine groups is 1. The molecule has 0 saturated carbocycles. The highest BCUT2D eigenvalue weighted by Gasteiger charge is 2.30. The third-order valence-electron chi connectivity index (χ3n) is 3.70. The van der Waals surface area contributed by atoms with Gasteiger partial charge in [-0.05, 0) is 25.0 Å². The molecule has 2 unspecified atom stereocenters. The summed E-state index contributed by atoms with van der Waals surface area (Å²) in [6.45, 7) is 2.06. The van der Waals surface area contributed by atoms with Crippen LogP contribution in [0, 0.1) is 5.92 Å². The minimum Gasteiger partial charge on any atom is -0.492 e. The van der Waals surface area contributed by atoms with Crippen LogP contribution in [0.3, 0.4) is 0 Å². The standard InChI is InChI=1S/C14H19N3O3/c1-9(13(15)16-19)17(2)14(18)11-7-10-5-3-4-6-12(10)20-8-11/h3-6,9,11,19H,7-8H2,1-2H3,(H2,15,16). The number of para-hydroxylation sites is 1. The number of nitrogens with zero attached hydrogens (tertiary/aromatic N) is 2. The maximum Gasteiger partial charge on any atom is 0.229 e. The molecule has 0 fully saturated rings. The molecule has 108 valence electrons. The molecule has 6 nitrogen and oxygen atoms in total. The van der Waals surface area contributed by atoms with Crippen molar-refractivity contribution in [3.8, 4) is 5.75 Å². The van der Waals surface area contributed by atoms with Gasteiger partial charge in [0.15, 0.2) is 5.84 Å². The summed E-state index contributed by atoms with van der Waals surface area (Å²) in [7, 11) is 1.64. The van der Waals surface area contributed by atoms with Crippen LogP contribution in [0.5, 0.6) is 5.75 Å². The first-order chi connectivity index (χ1) is 9.54. The number of amides is 1. The Morgan fingerprint density at radius 1 is 1.55 bits per heavy atom. The van der Waals surface area contributed by atoms with Crippen molar-refractivity contribution in [2.75, 3.05) is 13.7 Å². The van der Waals surface area contributed by atoms with E-state index in [2.05, 4.69) is 5.16 Å². The Morgan fingerprint density at radius 2 is 2.25 bits per heavy atom. The van der Waals surface area contributed by atoms with Gasteiger partial charge in [0.2, 0.25) is 5.91 Å². The summed E-state index contributed by atoms with van der Waals surface area (Å²) in [5, 5.41) is 11.6. The summed E-state index contributed by atoms with van der Waals surface area (Å²) in [6, 6.07) is 7.25. The maximum atomic E-state index is 12.4. The van der Waals surface area contributed by atoms with Crippen molar-refractivity contribution >= 4 is 11.7 Å². The van der Waals surface area contributed by atoms with Gasteiger partial charge in [0.05, 0.1) is 12.0 Å². The van der Waals surface area contributed by atoms with Gasteiger partial charge in [0, 0.05) is 7.05 Å². The molecule has 6 heteroatoms. The number of benzene rings is 1. The van der Waals surface area contributed by atoms with Crippen LogP contribution in [-0.4, -0.2) is 41.5 Å². The molecule has 1 amide bonds. The average molecular weight is 277 g/mol. The molecule has 3 N–H and O–H groups in total. The van der Waals surface area contributed by atoms with Gasteiger partial charge in [-0.25, -0.2) is 0 Å². The minimum atomic E-state index is -0.454. The van der Waals surface area contributed by atoms with Crippen LogP contribution in [0.15, 0.2) is 29.4 Å². The van der Waals surface area contributed by atoms with Gasteiger partial charge in [-0.3, -0.25) is 4.79 Å². The lowest BCUT2D eigenvalue weighted by atomic mass is 9.95. The normalized spacial score (nSPS) is 19.7. The molecule has 20 heavy (non-hydrogen) atoms. The second-order valence-electron chi connectivity index (χ2n) is 4.97. The number of carbonyl (C=O) groups is 1. The molecule has 1 aromatic rings. The van der Waals surface area contributed by atoms with E-state index in [1.54, 1.807) is 14.0 Å². The Labute approximate surface area is 117 Å². The quantitative estimate of drug-likeness (QED) is 0.371. The van der Waals surface area contributed by atoms with Gasteiger partial charge in [-0.15, -0.1) is 0 Å². The molecule has 1 aliphatic rings. The predicted molar refractivity (Wildman–Crippen MR) is 74.8 cm³/mol. The molecule has 2 atom stereocenters. The predicted octanol–water partition coefficient (Wildman–Crippen LogP) is 0.831. The van der Waals surface area contributed by atoms with Crippen molar-refractivity contribution in [3.05, 3.63) is 29.8 Å². The Balaban J connectivity index is 2.08. The van der Waals surface area contributed by atoms with Crippen LogP contribution < -0.4 is 10.5 Å². The Kier molecular flexibility index (Phi) is 4.12. The van der Waals surface area contributed by atoms with Crippen LogP contribution >= 0.6 is 0 Å². The Morgan fingerprint density at radius 3 is 2.95 bits per heavy atom. The number of rotatable bonds is 3. The van der Waals surface area contributed by atoms with Crippen molar-refractivity contribution in [3.63, 3.8) is 0 Å². The molecule has 2 rings (SSSR count). The zero-order chi connectivity index (χ0) is 14.7. The third kappa shape index (κ3) is 2.68. The molecule has 1 aromatic carbocycles. The zero-order valence-corrected chi connectivity index (χ0v) is 11.6. The van der Waals surface area contributed by atoms with E-state index in [1.165, 1.54) is 4.90 Å². The first kappa shape index (κ1) is 14.2. The highest BCUT2D eigenvalue weighted by atomic mass is 16.5. The highest BCUT2D eigenvalue weighted by Crippen LogP contribution is 2.27. The van der Waals surface area contributed by atoms with Crippen molar-refractivity contribution in [2.45, 2.75) is 19.4 Å². The van der Waals surface area contributed by atoms with Gasteiger partial charge < -0.3 is 20.6 Å². The molecule has 0 aromatic heterocycles. The molecule has 0 bridgehead atoms. The van der Waals surface area contributed by atoms with Gasteiger partial charge in [-0.1, -0.05) is 23.4 Å². The molecule has 0 saturated heterocycles. The fraction of sp³-hybridized carbons (Fsp3) is 0.429. The monoisotopic (exact) mass is 277 g/mol. The van der Waals surface area contributed by atoms with E-state index in [4.69, 9.17) is 15.7 Å². The molecule has 0 spiro atoms. The van der Waals surface area contributed by atoms with Crippen LogP contribution in [0.1, 0.15) is 12.5 Å². The van der Waals surface area contributed by atoms with E-state index < -0.39 is 6.04 Å². The topological polar surface area (TPSA) is 88.2 Å². The zero-order valence-electron chi connectivity index (χ0n) is 11.6. The highest BCUT2D eigenvalue weighted by molar-refractivity contribution is 5.90. The van der Waals surface area contributed by atoms with Gasteiger partial charge in [0.1, 0.15) is 12.4 Å². The minimum absolute atomic E-state index is 0.0120. The lowest BCUT2D eigenvalue weighted by molar-refractivity contribution is -0.136. The number of fused-ring (bicyclic) bond motifs is 1. The van der Waals surface area contributed by atoms with Gasteiger partial charge >= 0.3 is 0 Å². The largest absolute Gasteiger partial charge is 0.492 e. The number of hydrogen-bond donors (Lipinski definition) is 2. The number of carbonyl (C=O) groups excluding carboxylic acids is 1. The van der Waals surface area contributed by atoms with Crippen LogP contribution in [0.25, 0.3) is 0 Å². The maximum absolute atomic E-state index is 12.4. The van der Waals surface area contributed by atoms with E-state index in [1.807, 2.05) is 24.3 Å². The summed E-state index contributed by atoms with van der Waals surface area (Å²) in [5.74, 6) is 0.532. The van der Waals surface area contributed by atoms with Crippen molar-refractivity contribution in [1.29, 1.82) is 0 Å². The summed E-state index contributed by atoms with van der Waals surface area (Å²) in [6.07, 6.45) is 0.641. The van der Waals surface area contributed by atoms with Gasteiger partial charge in [-0.2, -0.15) is 0 Å². The SMILES string of the molecule is CC(C(N)=NO)N(C)C(=O)C1COc2ccccc2C1. The fourth-order valence-corrected chi connectivity index (χ4v) is 2.25. The summed E-state index contributed by atoms with van der Waals surface area (Å²) >= 11 is 0. The van der Waals surface area contributed by atoms with Gasteiger partial charge in [0.25, 0.3) is 0 Å². The van der Waals surface area contributed by atoms with Crippen molar-refractivity contribution in [2.24, 2.45) is 16.8 Å². The number of oxime groups is 1.